The molecule has 0 spiro atoms. The minimum atomic E-state index is -0.0881. The summed E-state index contributed by atoms with van der Waals surface area (Å²) in [5.41, 5.74) is 4.63. The number of aromatic nitrogens is 2. The summed E-state index contributed by atoms with van der Waals surface area (Å²) < 4.78 is 1.77. The van der Waals surface area contributed by atoms with E-state index in [0.717, 1.165) is 11.3 Å². The molecule has 3 N–H and O–H groups in total. The smallest absolute Gasteiger partial charge is 0.0670 e. The minimum absolute atomic E-state index is 0.0881. The van der Waals surface area contributed by atoms with Crippen molar-refractivity contribution in [3.8, 4) is 0 Å². The van der Waals surface area contributed by atoms with Gasteiger partial charge in [0.25, 0.3) is 0 Å². The van der Waals surface area contributed by atoms with Crippen molar-refractivity contribution in [3.63, 3.8) is 0 Å². The normalized spacial score (nSPS) is 12.7. The van der Waals surface area contributed by atoms with Gasteiger partial charge in [-0.1, -0.05) is 29.3 Å². The largest absolute Gasteiger partial charge is 0.271 e. The molecule has 0 radical (unpaired) electrons. The maximum atomic E-state index is 6.16. The van der Waals surface area contributed by atoms with E-state index in [2.05, 4.69) is 10.5 Å². The van der Waals surface area contributed by atoms with Crippen LogP contribution >= 0.6 is 23.2 Å². The number of hydrazine groups is 1. The lowest BCUT2D eigenvalue weighted by molar-refractivity contribution is 0.508. The summed E-state index contributed by atoms with van der Waals surface area (Å²) in [7, 11) is 1.87. The quantitative estimate of drug-likeness (QED) is 0.670. The van der Waals surface area contributed by atoms with Gasteiger partial charge in [0.2, 0.25) is 0 Å². The highest BCUT2D eigenvalue weighted by Gasteiger charge is 2.17. The van der Waals surface area contributed by atoms with Crippen LogP contribution in [0, 0.1) is 0 Å². The molecular formula is C12H14Cl2N4. The molecule has 0 amide bonds. The van der Waals surface area contributed by atoms with Crippen molar-refractivity contribution in [1.29, 1.82) is 0 Å². The van der Waals surface area contributed by atoms with E-state index in [1.54, 1.807) is 10.9 Å². The van der Waals surface area contributed by atoms with Crippen LogP contribution in [0.2, 0.25) is 10.0 Å². The molecule has 0 fully saturated rings. The zero-order valence-corrected chi connectivity index (χ0v) is 11.4. The highest BCUT2D eigenvalue weighted by molar-refractivity contribution is 6.36. The van der Waals surface area contributed by atoms with E-state index in [1.165, 1.54) is 0 Å². The topological polar surface area (TPSA) is 55.9 Å². The van der Waals surface area contributed by atoms with Crippen molar-refractivity contribution < 1.29 is 0 Å². The second-order valence-corrected chi connectivity index (χ2v) is 4.82. The molecule has 0 bridgehead atoms. The molecule has 1 aromatic heterocycles. The maximum absolute atomic E-state index is 6.16. The number of hydrogen-bond donors (Lipinski definition) is 2. The molecule has 0 saturated carbocycles. The molecular weight excluding hydrogens is 271 g/mol. The third kappa shape index (κ3) is 2.67. The Kier molecular flexibility index (Phi) is 4.24. The first-order chi connectivity index (χ1) is 8.63. The van der Waals surface area contributed by atoms with Crippen molar-refractivity contribution in [2.24, 2.45) is 12.9 Å². The van der Waals surface area contributed by atoms with E-state index in [0.29, 0.717) is 16.5 Å². The molecule has 2 rings (SSSR count). The summed E-state index contributed by atoms with van der Waals surface area (Å²) in [6.07, 6.45) is 2.34. The second-order valence-electron chi connectivity index (χ2n) is 4.00. The number of benzene rings is 1. The number of rotatable bonds is 4. The van der Waals surface area contributed by atoms with Crippen LogP contribution < -0.4 is 11.3 Å². The van der Waals surface area contributed by atoms with Gasteiger partial charge in [0.1, 0.15) is 0 Å². The Balaban J connectivity index is 2.29. The fourth-order valence-corrected chi connectivity index (χ4v) is 2.46. The molecule has 18 heavy (non-hydrogen) atoms. The van der Waals surface area contributed by atoms with E-state index in [4.69, 9.17) is 29.0 Å². The molecule has 0 saturated heterocycles. The molecule has 4 nitrogen and oxygen atoms in total. The molecule has 2 aromatic rings. The highest BCUT2D eigenvalue weighted by atomic mass is 35.5. The molecule has 0 aliphatic heterocycles. The number of aryl methyl sites for hydroxylation is 1. The predicted octanol–water partition coefficient (Wildman–Crippen LogP) is 2.47. The van der Waals surface area contributed by atoms with Crippen LogP contribution in [-0.2, 0) is 13.5 Å². The van der Waals surface area contributed by atoms with Gasteiger partial charge in [-0.25, -0.2) is 0 Å². The number of nitrogens with two attached hydrogens (primary N) is 1. The molecule has 1 aromatic carbocycles. The summed E-state index contributed by atoms with van der Waals surface area (Å²) in [6, 6.07) is 7.28. The minimum Gasteiger partial charge on any atom is -0.271 e. The van der Waals surface area contributed by atoms with Gasteiger partial charge >= 0.3 is 0 Å². The molecule has 0 aliphatic rings. The van der Waals surface area contributed by atoms with Crippen molar-refractivity contribution in [2.75, 3.05) is 0 Å². The Bertz CT molecular complexity index is 518. The molecule has 0 aliphatic carbocycles. The van der Waals surface area contributed by atoms with Crippen molar-refractivity contribution >= 4 is 23.2 Å². The van der Waals surface area contributed by atoms with Crippen LogP contribution in [0.3, 0.4) is 0 Å². The molecule has 1 atom stereocenters. The fourth-order valence-electron chi connectivity index (χ4n) is 1.91. The number of nitrogens with zero attached hydrogens (tertiary/aromatic N) is 2. The van der Waals surface area contributed by atoms with Gasteiger partial charge in [0.15, 0.2) is 0 Å². The first kappa shape index (κ1) is 13.4. The highest BCUT2D eigenvalue weighted by Crippen LogP contribution is 2.28. The predicted molar refractivity (Wildman–Crippen MR) is 73.4 cm³/mol. The Hall–Kier alpha value is -1.07. The van der Waals surface area contributed by atoms with Crippen LogP contribution in [0.15, 0.2) is 30.5 Å². The first-order valence-electron chi connectivity index (χ1n) is 5.50. The van der Waals surface area contributed by atoms with E-state index in [9.17, 15) is 0 Å². The van der Waals surface area contributed by atoms with Crippen molar-refractivity contribution in [1.82, 2.24) is 15.2 Å². The SMILES string of the molecule is Cn1nccc1C(Cc1c(Cl)cccc1Cl)NN. The van der Waals surface area contributed by atoms with E-state index in [-0.39, 0.29) is 6.04 Å². The van der Waals surface area contributed by atoms with E-state index >= 15 is 0 Å². The Morgan fingerprint density at radius 1 is 1.33 bits per heavy atom. The Morgan fingerprint density at radius 3 is 2.50 bits per heavy atom. The molecule has 1 unspecified atom stereocenters. The van der Waals surface area contributed by atoms with Crippen LogP contribution in [0.5, 0.6) is 0 Å². The molecule has 6 heteroatoms. The first-order valence-corrected chi connectivity index (χ1v) is 6.26. The Morgan fingerprint density at radius 2 is 2.00 bits per heavy atom. The van der Waals surface area contributed by atoms with E-state index in [1.807, 2.05) is 31.3 Å². The van der Waals surface area contributed by atoms with Crippen LogP contribution in [0.4, 0.5) is 0 Å². The summed E-state index contributed by atoms with van der Waals surface area (Å²) in [5, 5.41) is 5.41. The Labute approximate surface area is 116 Å². The summed E-state index contributed by atoms with van der Waals surface area (Å²) in [6.45, 7) is 0. The summed E-state index contributed by atoms with van der Waals surface area (Å²) >= 11 is 12.3. The third-order valence-electron chi connectivity index (χ3n) is 2.89. The van der Waals surface area contributed by atoms with Gasteiger partial charge in [-0.05, 0) is 30.2 Å². The average molecular weight is 285 g/mol. The number of hydrogen-bond acceptors (Lipinski definition) is 3. The average Bonchev–Trinajstić information content (AvgIpc) is 2.76. The van der Waals surface area contributed by atoms with Gasteiger partial charge in [0.05, 0.1) is 11.7 Å². The van der Waals surface area contributed by atoms with Gasteiger partial charge < -0.3 is 0 Å². The fraction of sp³-hybridized carbons (Fsp3) is 0.250. The van der Waals surface area contributed by atoms with E-state index < -0.39 is 0 Å². The summed E-state index contributed by atoms with van der Waals surface area (Å²) in [5.74, 6) is 5.60. The van der Waals surface area contributed by atoms with Crippen LogP contribution in [-0.4, -0.2) is 9.78 Å². The van der Waals surface area contributed by atoms with Gasteiger partial charge in [-0.15, -0.1) is 0 Å². The maximum Gasteiger partial charge on any atom is 0.0670 e. The molecule has 96 valence electrons. The van der Waals surface area contributed by atoms with Gasteiger partial charge in [0, 0.05) is 23.3 Å². The zero-order valence-electron chi connectivity index (χ0n) is 9.90. The number of nitrogens with one attached hydrogen (secondary N) is 1. The lowest BCUT2D eigenvalue weighted by Crippen LogP contribution is -2.31. The van der Waals surface area contributed by atoms with Crippen molar-refractivity contribution in [3.05, 3.63) is 51.8 Å². The van der Waals surface area contributed by atoms with Gasteiger partial charge in [-0.2, -0.15) is 5.10 Å². The third-order valence-corrected chi connectivity index (χ3v) is 3.60. The standard InChI is InChI=1S/C12H14Cl2N4/c1-18-12(5-6-16-18)11(17-15)7-8-9(13)3-2-4-10(8)14/h2-6,11,17H,7,15H2,1H3. The molecule has 1 heterocycles. The summed E-state index contributed by atoms with van der Waals surface area (Å²) in [4.78, 5) is 0. The lowest BCUT2D eigenvalue weighted by atomic mass is 10.0. The monoisotopic (exact) mass is 284 g/mol. The number of halogens is 2. The van der Waals surface area contributed by atoms with Crippen LogP contribution in [0.25, 0.3) is 0 Å². The van der Waals surface area contributed by atoms with Crippen LogP contribution in [0.1, 0.15) is 17.3 Å². The van der Waals surface area contributed by atoms with Gasteiger partial charge in [-0.3, -0.25) is 16.0 Å². The second kappa shape index (κ2) is 5.71. The van der Waals surface area contributed by atoms with Crippen molar-refractivity contribution in [2.45, 2.75) is 12.5 Å². The zero-order chi connectivity index (χ0) is 13.1. The lowest BCUT2D eigenvalue weighted by Gasteiger charge is -2.17.